The molecule has 0 bridgehead atoms. The first-order chi connectivity index (χ1) is 18.0. The topological polar surface area (TPSA) is 132 Å². The molecule has 1 aromatic heterocycles. The molecule has 0 fully saturated rings. The van der Waals surface area contributed by atoms with Crippen LogP contribution >= 0.6 is 0 Å². The van der Waals surface area contributed by atoms with Crippen molar-refractivity contribution in [2.24, 2.45) is 0 Å². The average molecular weight is 540 g/mol. The number of carboxylic acids is 1. The van der Waals surface area contributed by atoms with Gasteiger partial charge in [-0.3, -0.25) is 0 Å². The van der Waals surface area contributed by atoms with Gasteiger partial charge in [0, 0.05) is 5.56 Å². The Morgan fingerprint density at radius 3 is 2.18 bits per heavy atom. The minimum absolute atomic E-state index is 0.00647. The number of carbonyl (C=O) groups is 1. The summed E-state index contributed by atoms with van der Waals surface area (Å²) in [6.45, 7) is 1.11. The van der Waals surface area contributed by atoms with E-state index in [0.717, 1.165) is 11.0 Å². The third-order valence-electron chi connectivity index (χ3n) is 5.46. The molecule has 0 unspecified atom stereocenters. The maximum absolute atomic E-state index is 13.3. The van der Waals surface area contributed by atoms with Gasteiger partial charge in [-0.1, -0.05) is 35.5 Å². The Morgan fingerprint density at radius 1 is 0.974 bits per heavy atom. The van der Waals surface area contributed by atoms with Crippen molar-refractivity contribution in [3.05, 3.63) is 84.6 Å². The molecule has 4 aromatic rings. The second-order valence-corrected chi connectivity index (χ2v) is 11.2. The van der Waals surface area contributed by atoms with Crippen molar-refractivity contribution in [1.29, 1.82) is 0 Å². The van der Waals surface area contributed by atoms with Gasteiger partial charge in [-0.2, -0.15) is 0 Å². The summed E-state index contributed by atoms with van der Waals surface area (Å²) >= 11 is 0. The predicted octanol–water partition coefficient (Wildman–Crippen LogP) is 3.16. The third kappa shape index (κ3) is 6.82. The van der Waals surface area contributed by atoms with E-state index < -0.39 is 15.8 Å². The molecule has 10 nitrogen and oxygen atoms in total. The van der Waals surface area contributed by atoms with Gasteiger partial charge in [-0.15, -0.1) is 5.10 Å². The number of para-hydroxylation sites is 2. The van der Waals surface area contributed by atoms with Gasteiger partial charge in [0.1, 0.15) is 23.7 Å². The van der Waals surface area contributed by atoms with Crippen LogP contribution in [-0.4, -0.2) is 85.5 Å². The van der Waals surface area contributed by atoms with Gasteiger partial charge in [-0.25, -0.2) is 17.9 Å². The van der Waals surface area contributed by atoms with Gasteiger partial charge in [0.2, 0.25) is 9.84 Å². The summed E-state index contributed by atoms with van der Waals surface area (Å²) in [4.78, 5) is 11.1. The van der Waals surface area contributed by atoms with Gasteiger partial charge in [0.15, 0.2) is 0 Å². The van der Waals surface area contributed by atoms with E-state index in [0.29, 0.717) is 22.7 Å². The summed E-state index contributed by atoms with van der Waals surface area (Å²) in [5.41, 5.74) is 1.42. The number of aromatic nitrogens is 3. The van der Waals surface area contributed by atoms with Crippen LogP contribution in [0.3, 0.4) is 0 Å². The molecular formula is C27H31N4O6S+. The maximum Gasteiger partial charge on any atom is 0.335 e. The number of aliphatic hydroxyl groups excluding tert-OH is 1. The molecule has 11 heteroatoms. The molecule has 0 amide bonds. The first kappa shape index (κ1) is 28.5. The zero-order valence-electron chi connectivity index (χ0n) is 21.6. The normalized spacial score (nSPS) is 11.4. The van der Waals surface area contributed by atoms with Gasteiger partial charge in [0.25, 0.3) is 0 Å². The molecule has 0 spiro atoms. The lowest BCUT2D eigenvalue weighted by Gasteiger charge is -2.21. The largest absolute Gasteiger partial charge is 0.494 e. The van der Waals surface area contributed by atoms with Crippen molar-refractivity contribution in [2.45, 2.75) is 9.79 Å². The number of benzene rings is 3. The van der Waals surface area contributed by atoms with E-state index in [-0.39, 0.29) is 22.0 Å². The highest BCUT2D eigenvalue weighted by Crippen LogP contribution is 2.31. The van der Waals surface area contributed by atoms with E-state index >= 15 is 0 Å². The molecule has 0 radical (unpaired) electrons. The Labute approximate surface area is 221 Å². The van der Waals surface area contributed by atoms with E-state index in [2.05, 4.69) is 31.5 Å². The van der Waals surface area contributed by atoms with E-state index in [1.165, 1.54) is 35.0 Å². The Bertz CT molecular complexity index is 1490. The van der Waals surface area contributed by atoms with E-state index in [1.54, 1.807) is 37.6 Å². The predicted molar refractivity (Wildman–Crippen MR) is 142 cm³/mol. The van der Waals surface area contributed by atoms with Crippen molar-refractivity contribution in [1.82, 2.24) is 15.0 Å². The molecule has 200 valence electrons. The molecule has 4 rings (SSSR count). The number of aromatic carboxylic acids is 1. The molecule has 0 saturated heterocycles. The van der Waals surface area contributed by atoms with Crippen LogP contribution < -0.4 is 4.74 Å². The Balaban J connectivity index is 0.000000505. The van der Waals surface area contributed by atoms with E-state index in [4.69, 9.17) is 14.9 Å². The van der Waals surface area contributed by atoms with Crippen LogP contribution in [0.25, 0.3) is 16.9 Å². The summed E-state index contributed by atoms with van der Waals surface area (Å²) < 4.78 is 34.2. The zero-order valence-corrected chi connectivity index (χ0v) is 22.5. The smallest absolute Gasteiger partial charge is 0.335 e. The monoisotopic (exact) mass is 539 g/mol. The molecule has 0 aliphatic heterocycles. The second kappa shape index (κ2) is 12.0. The molecule has 2 N–H and O–H groups in total. The van der Waals surface area contributed by atoms with Gasteiger partial charge >= 0.3 is 5.97 Å². The number of sulfone groups is 1. The van der Waals surface area contributed by atoms with E-state index in [9.17, 15) is 13.2 Å². The Kier molecular flexibility index (Phi) is 9.00. The number of nitrogens with zero attached hydrogens (tertiary/aromatic N) is 4. The summed E-state index contributed by atoms with van der Waals surface area (Å²) in [6.07, 6.45) is 1.62. The second-order valence-electron chi connectivity index (χ2n) is 9.29. The number of ether oxygens (including phenoxy) is 1. The summed E-state index contributed by atoms with van der Waals surface area (Å²) in [5.74, 6) is -0.532. The maximum atomic E-state index is 13.3. The number of carboxylic acid groups (broad SMARTS) is 1. The van der Waals surface area contributed by atoms with Crippen molar-refractivity contribution in [2.75, 3.05) is 41.4 Å². The van der Waals surface area contributed by atoms with Crippen LogP contribution in [0.2, 0.25) is 0 Å². The first-order valence-electron chi connectivity index (χ1n) is 11.6. The molecule has 0 atom stereocenters. The average Bonchev–Trinajstić information content (AvgIpc) is 3.38. The number of rotatable bonds is 8. The molecule has 0 aliphatic rings. The third-order valence-corrected chi connectivity index (χ3v) is 7.29. The van der Waals surface area contributed by atoms with Crippen LogP contribution in [0, 0.1) is 0 Å². The summed E-state index contributed by atoms with van der Waals surface area (Å²) in [5, 5.41) is 25.7. The van der Waals surface area contributed by atoms with E-state index in [1.807, 2.05) is 18.2 Å². The van der Waals surface area contributed by atoms with Crippen LogP contribution in [0.5, 0.6) is 5.75 Å². The summed E-state index contributed by atoms with van der Waals surface area (Å²) in [6, 6.07) is 18.8. The minimum atomic E-state index is -3.92. The van der Waals surface area contributed by atoms with Crippen molar-refractivity contribution in [3.63, 3.8) is 0 Å². The molecule has 0 saturated carbocycles. The molecule has 1 heterocycles. The minimum Gasteiger partial charge on any atom is -0.494 e. The van der Waals surface area contributed by atoms with Gasteiger partial charge in [-0.05, 0) is 42.5 Å². The standard InChI is InChI=1S/C22H17N3O5S.C5H14NO/c1-30-20-8-4-3-7-19(20)25-14-18(23-24-25)17-6-2-5-9-21(17)31(28,29)16-12-10-15(11-13-16)22(26)27;1-6(2,3)4-5-7/h2-14H,1H3,(H,26,27);7H,4-5H2,1-3H3/q;+1. The highest BCUT2D eigenvalue weighted by molar-refractivity contribution is 7.91. The lowest BCUT2D eigenvalue weighted by Crippen LogP contribution is -2.36. The van der Waals surface area contributed by atoms with Crippen LogP contribution in [0.15, 0.2) is 88.8 Å². The SMILES string of the molecule is COc1ccccc1-n1cc(-c2ccccc2S(=O)(=O)c2ccc(C(=O)O)cc2)nn1.C[N+](C)(C)CCO. The van der Waals surface area contributed by atoms with Crippen molar-refractivity contribution in [3.8, 4) is 22.7 Å². The fourth-order valence-electron chi connectivity index (χ4n) is 3.44. The fourth-order valence-corrected chi connectivity index (χ4v) is 4.91. The van der Waals surface area contributed by atoms with Gasteiger partial charge < -0.3 is 19.4 Å². The Hall–Kier alpha value is -4.06. The zero-order chi connectivity index (χ0) is 27.9. The highest BCUT2D eigenvalue weighted by atomic mass is 32.2. The van der Waals surface area contributed by atoms with Crippen molar-refractivity contribution >= 4 is 15.8 Å². The van der Waals surface area contributed by atoms with Gasteiger partial charge in [0.05, 0.1) is 56.4 Å². The molecule has 0 aliphatic carbocycles. The number of methoxy groups -OCH3 is 1. The lowest BCUT2D eigenvalue weighted by atomic mass is 10.2. The fraction of sp³-hybridized carbons (Fsp3) is 0.222. The Morgan fingerprint density at radius 2 is 1.61 bits per heavy atom. The first-order valence-corrected chi connectivity index (χ1v) is 13.1. The van der Waals surface area contributed by atoms with Crippen LogP contribution in [0.4, 0.5) is 0 Å². The number of likely N-dealkylation sites (N-methyl/N-ethyl adjacent to an activating group) is 1. The van der Waals surface area contributed by atoms with Crippen LogP contribution in [0.1, 0.15) is 10.4 Å². The van der Waals surface area contributed by atoms with Crippen LogP contribution in [-0.2, 0) is 9.84 Å². The number of quaternary nitrogens is 1. The quantitative estimate of drug-likeness (QED) is 0.327. The molecule has 3 aromatic carbocycles. The number of hydrogen-bond donors (Lipinski definition) is 2. The van der Waals surface area contributed by atoms with Crippen molar-refractivity contribution < 1.29 is 32.6 Å². The molecule has 38 heavy (non-hydrogen) atoms. The summed E-state index contributed by atoms with van der Waals surface area (Å²) in [7, 11) is 3.78. The molecular weight excluding hydrogens is 508 g/mol. The number of aliphatic hydroxyl groups is 1. The number of hydrogen-bond acceptors (Lipinski definition) is 7. The highest BCUT2D eigenvalue weighted by Gasteiger charge is 2.23. The lowest BCUT2D eigenvalue weighted by molar-refractivity contribution is -0.870.